The van der Waals surface area contributed by atoms with Crippen molar-refractivity contribution in [1.29, 1.82) is 0 Å². The van der Waals surface area contributed by atoms with Gasteiger partial charge in [-0.1, -0.05) is 37.3 Å². The van der Waals surface area contributed by atoms with Gasteiger partial charge in [0.1, 0.15) is 5.82 Å². The summed E-state index contributed by atoms with van der Waals surface area (Å²) in [7, 11) is 0. The Morgan fingerprint density at radius 2 is 1.68 bits per heavy atom. The minimum absolute atomic E-state index is 0.0336. The number of halogens is 1. The van der Waals surface area contributed by atoms with Crippen molar-refractivity contribution in [3.8, 4) is 0 Å². The molecule has 0 saturated carbocycles. The third-order valence-corrected chi connectivity index (χ3v) is 5.07. The molecule has 0 bridgehead atoms. The molecule has 2 aromatic carbocycles. The first-order chi connectivity index (χ1) is 13.6. The number of rotatable bonds is 6. The molecule has 0 radical (unpaired) electrons. The molecule has 1 N–H and O–H groups in total. The largest absolute Gasteiger partial charge is 0.351 e. The summed E-state index contributed by atoms with van der Waals surface area (Å²) in [5, 5.41) is 2.76. The van der Waals surface area contributed by atoms with Gasteiger partial charge in [0.05, 0.1) is 6.54 Å². The quantitative estimate of drug-likeness (QED) is 0.834. The maximum Gasteiger partial charge on any atom is 0.253 e. The summed E-state index contributed by atoms with van der Waals surface area (Å²) in [4.78, 5) is 28.6. The normalized spacial score (nSPS) is 14.7. The molecule has 6 heteroatoms. The highest BCUT2D eigenvalue weighted by molar-refractivity contribution is 5.94. The fraction of sp³-hybridized carbons (Fsp3) is 0.364. The number of nitrogens with zero attached hydrogens (tertiary/aromatic N) is 2. The second-order valence-corrected chi connectivity index (χ2v) is 6.99. The zero-order chi connectivity index (χ0) is 19.9. The van der Waals surface area contributed by atoms with Gasteiger partial charge in [0.2, 0.25) is 5.91 Å². The molecule has 1 aliphatic rings. The van der Waals surface area contributed by atoms with Gasteiger partial charge in [0.25, 0.3) is 5.91 Å². The molecule has 0 unspecified atom stereocenters. The molecule has 1 fully saturated rings. The first kappa shape index (κ1) is 20.0. The summed E-state index contributed by atoms with van der Waals surface area (Å²) in [6, 6.07) is 14.1. The van der Waals surface area contributed by atoms with Crippen LogP contribution in [0.25, 0.3) is 0 Å². The first-order valence-electron chi connectivity index (χ1n) is 9.67. The number of hydrogen-bond acceptors (Lipinski definition) is 3. The van der Waals surface area contributed by atoms with Gasteiger partial charge in [-0.25, -0.2) is 4.39 Å². The highest BCUT2D eigenvalue weighted by Crippen LogP contribution is 2.11. The number of piperazine rings is 1. The van der Waals surface area contributed by atoms with Crippen LogP contribution in [0.5, 0.6) is 0 Å². The Kier molecular flexibility index (Phi) is 6.76. The summed E-state index contributed by atoms with van der Waals surface area (Å²) in [6.45, 7) is 4.99. The third kappa shape index (κ3) is 5.16. The molecule has 3 rings (SSSR count). The van der Waals surface area contributed by atoms with Crippen molar-refractivity contribution < 1.29 is 14.0 Å². The molecule has 0 aliphatic carbocycles. The zero-order valence-corrected chi connectivity index (χ0v) is 16.2. The number of hydrogen-bond donors (Lipinski definition) is 1. The second kappa shape index (κ2) is 9.46. The molecule has 1 heterocycles. The Hall–Kier alpha value is -2.73. The Balaban J connectivity index is 1.43. The lowest BCUT2D eigenvalue weighted by atomic mass is 10.1. The standard InChI is InChI=1S/C22H26FN3O2/c1-2-17-7-9-18(10-8-17)22(28)26-13-11-25(12-14-26)16-21(27)24-15-19-5-3-4-6-20(19)23/h3-10H,2,11-16H2,1H3,(H,24,27). The van der Waals surface area contributed by atoms with Crippen LogP contribution in [-0.2, 0) is 17.8 Å². The highest BCUT2D eigenvalue weighted by Gasteiger charge is 2.23. The minimum atomic E-state index is -0.318. The van der Waals surface area contributed by atoms with Crippen LogP contribution in [0.1, 0.15) is 28.4 Å². The minimum Gasteiger partial charge on any atom is -0.351 e. The number of amides is 2. The fourth-order valence-electron chi connectivity index (χ4n) is 3.27. The van der Waals surface area contributed by atoms with E-state index in [1.165, 1.54) is 11.6 Å². The Bertz CT molecular complexity index is 815. The SMILES string of the molecule is CCc1ccc(C(=O)N2CCN(CC(=O)NCc3ccccc3F)CC2)cc1. The Labute approximate surface area is 165 Å². The predicted molar refractivity (Wildman–Crippen MR) is 106 cm³/mol. The van der Waals surface area contributed by atoms with Crippen molar-refractivity contribution in [3.05, 3.63) is 71.0 Å². The van der Waals surface area contributed by atoms with Crippen LogP contribution in [-0.4, -0.2) is 54.3 Å². The molecular formula is C22H26FN3O2. The lowest BCUT2D eigenvalue weighted by Crippen LogP contribution is -2.51. The van der Waals surface area contributed by atoms with Crippen LogP contribution < -0.4 is 5.32 Å². The molecule has 5 nitrogen and oxygen atoms in total. The van der Waals surface area contributed by atoms with Gasteiger partial charge in [-0.05, 0) is 30.2 Å². The van der Waals surface area contributed by atoms with Crippen LogP contribution in [0, 0.1) is 5.82 Å². The average Bonchev–Trinajstić information content (AvgIpc) is 2.73. The average molecular weight is 383 g/mol. The summed E-state index contributed by atoms with van der Waals surface area (Å²) in [6.07, 6.45) is 0.951. The first-order valence-corrected chi connectivity index (χ1v) is 9.67. The summed E-state index contributed by atoms with van der Waals surface area (Å²) >= 11 is 0. The van der Waals surface area contributed by atoms with Gasteiger partial charge < -0.3 is 10.2 Å². The Morgan fingerprint density at radius 3 is 2.32 bits per heavy atom. The van der Waals surface area contributed by atoms with Crippen LogP contribution in [0.15, 0.2) is 48.5 Å². The van der Waals surface area contributed by atoms with E-state index in [-0.39, 0.29) is 30.7 Å². The molecule has 2 amide bonds. The highest BCUT2D eigenvalue weighted by atomic mass is 19.1. The van der Waals surface area contributed by atoms with Crippen molar-refractivity contribution in [2.45, 2.75) is 19.9 Å². The van der Waals surface area contributed by atoms with Crippen LogP contribution >= 0.6 is 0 Å². The lowest BCUT2D eigenvalue weighted by molar-refractivity contribution is -0.122. The van der Waals surface area contributed by atoms with E-state index >= 15 is 0 Å². The summed E-state index contributed by atoms with van der Waals surface area (Å²) in [5.41, 5.74) is 2.39. The van der Waals surface area contributed by atoms with E-state index in [4.69, 9.17) is 0 Å². The van der Waals surface area contributed by atoms with Crippen molar-refractivity contribution in [2.24, 2.45) is 0 Å². The lowest BCUT2D eigenvalue weighted by Gasteiger charge is -2.34. The van der Waals surface area contributed by atoms with Gasteiger partial charge in [-0.15, -0.1) is 0 Å². The van der Waals surface area contributed by atoms with Gasteiger partial charge in [0.15, 0.2) is 0 Å². The maximum absolute atomic E-state index is 13.6. The van der Waals surface area contributed by atoms with Crippen molar-refractivity contribution >= 4 is 11.8 Å². The van der Waals surface area contributed by atoms with Gasteiger partial charge >= 0.3 is 0 Å². The van der Waals surface area contributed by atoms with E-state index in [1.807, 2.05) is 34.1 Å². The number of carbonyl (C=O) groups excluding carboxylic acids is 2. The van der Waals surface area contributed by atoms with Gasteiger partial charge in [-0.2, -0.15) is 0 Å². The van der Waals surface area contributed by atoms with Crippen LogP contribution in [0.4, 0.5) is 4.39 Å². The molecule has 0 aromatic heterocycles. The van der Waals surface area contributed by atoms with E-state index in [2.05, 4.69) is 12.2 Å². The van der Waals surface area contributed by atoms with Crippen molar-refractivity contribution in [3.63, 3.8) is 0 Å². The Morgan fingerprint density at radius 1 is 1.00 bits per heavy atom. The maximum atomic E-state index is 13.6. The van der Waals surface area contributed by atoms with Crippen molar-refractivity contribution in [1.82, 2.24) is 15.1 Å². The topological polar surface area (TPSA) is 52.7 Å². The molecular weight excluding hydrogens is 357 g/mol. The number of nitrogens with one attached hydrogen (secondary N) is 1. The predicted octanol–water partition coefficient (Wildman–Crippen LogP) is 2.46. The van der Waals surface area contributed by atoms with E-state index in [1.54, 1.807) is 18.2 Å². The monoisotopic (exact) mass is 383 g/mol. The van der Waals surface area contributed by atoms with E-state index in [0.29, 0.717) is 37.3 Å². The smallest absolute Gasteiger partial charge is 0.253 e. The van der Waals surface area contributed by atoms with Gasteiger partial charge in [-0.3, -0.25) is 14.5 Å². The summed E-state index contributed by atoms with van der Waals surface area (Å²) < 4.78 is 13.6. The number of aryl methyl sites for hydroxylation is 1. The zero-order valence-electron chi connectivity index (χ0n) is 16.2. The second-order valence-electron chi connectivity index (χ2n) is 6.99. The molecule has 28 heavy (non-hydrogen) atoms. The van der Waals surface area contributed by atoms with Crippen LogP contribution in [0.2, 0.25) is 0 Å². The van der Waals surface area contributed by atoms with E-state index < -0.39 is 0 Å². The number of benzene rings is 2. The summed E-state index contributed by atoms with van der Waals surface area (Å²) in [5.74, 6) is -0.425. The fourth-order valence-corrected chi connectivity index (χ4v) is 3.27. The number of carbonyl (C=O) groups is 2. The molecule has 148 valence electrons. The molecule has 2 aromatic rings. The molecule has 0 spiro atoms. The third-order valence-electron chi connectivity index (χ3n) is 5.07. The van der Waals surface area contributed by atoms with E-state index in [9.17, 15) is 14.0 Å². The molecule has 1 aliphatic heterocycles. The van der Waals surface area contributed by atoms with Crippen LogP contribution in [0.3, 0.4) is 0 Å². The van der Waals surface area contributed by atoms with E-state index in [0.717, 1.165) is 6.42 Å². The molecule has 0 atom stereocenters. The van der Waals surface area contributed by atoms with Crippen molar-refractivity contribution in [2.75, 3.05) is 32.7 Å². The van der Waals surface area contributed by atoms with Gasteiger partial charge in [0, 0.05) is 43.9 Å². The molecule has 1 saturated heterocycles.